The first-order valence-electron chi connectivity index (χ1n) is 5.32. The van der Waals surface area contributed by atoms with Crippen LogP contribution in [-0.2, 0) is 9.47 Å². The zero-order valence-electron chi connectivity index (χ0n) is 9.53. The molecule has 0 unspecified atom stereocenters. The van der Waals surface area contributed by atoms with Gasteiger partial charge in [0.1, 0.15) is 0 Å². The molecule has 0 aromatic carbocycles. The molecule has 2 rings (SSSR count). The third kappa shape index (κ3) is 11.5. The molecule has 17 heavy (non-hydrogen) atoms. The first-order chi connectivity index (χ1) is 8.12. The van der Waals surface area contributed by atoms with Crippen LogP contribution in [0.1, 0.15) is 25.7 Å². The van der Waals surface area contributed by atoms with Gasteiger partial charge in [-0.15, -0.1) is 0 Å². The Morgan fingerprint density at radius 1 is 0.765 bits per heavy atom. The molecule has 2 heterocycles. The molecule has 2 fully saturated rings. The first-order valence-corrected chi connectivity index (χ1v) is 8.33. The maximum atomic E-state index is 11.3. The van der Waals surface area contributed by atoms with Crippen LogP contribution in [0, 0.1) is 20.5 Å². The second-order valence-electron chi connectivity index (χ2n) is 3.29. The second-order valence-corrected chi connectivity index (χ2v) is 6.02. The van der Waals surface area contributed by atoms with Crippen molar-refractivity contribution in [1.29, 1.82) is 10.5 Å². The van der Waals surface area contributed by atoms with E-state index in [-0.39, 0.29) is 0 Å². The van der Waals surface area contributed by atoms with Gasteiger partial charge in [0.05, 0.1) is 0 Å². The Morgan fingerprint density at radius 3 is 1.12 bits per heavy atom. The van der Waals surface area contributed by atoms with Crippen molar-refractivity contribution in [3.05, 3.63) is 0 Å². The number of nitriles is 2. The number of halogens is 2. The summed E-state index contributed by atoms with van der Waals surface area (Å²) in [5.74, 6) is 0. The standard InChI is InChI=1S/2C4H8O.C2F2N2Se/c2*1-2-4-5-3-1;3-7(4,1-5)2-6/h2*1-4H2;. The quantitative estimate of drug-likeness (QED) is 0.642. The van der Waals surface area contributed by atoms with Crippen LogP contribution in [-0.4, -0.2) is 40.2 Å². The van der Waals surface area contributed by atoms with E-state index in [9.17, 15) is 7.10 Å². The van der Waals surface area contributed by atoms with E-state index in [4.69, 9.17) is 20.0 Å². The summed E-state index contributed by atoms with van der Waals surface area (Å²) in [7, 11) is 0. The molecule has 0 aromatic rings. The molecular weight excluding hydrogens is 297 g/mol. The molecule has 4 nitrogen and oxygen atoms in total. The summed E-state index contributed by atoms with van der Waals surface area (Å²) in [6, 6.07) is 0. The maximum absolute atomic E-state index is 11.3. The molecule has 2 saturated heterocycles. The molecule has 0 saturated carbocycles. The van der Waals surface area contributed by atoms with Gasteiger partial charge < -0.3 is 9.47 Å². The summed E-state index contributed by atoms with van der Waals surface area (Å²) >= 11 is -5.19. The van der Waals surface area contributed by atoms with Gasteiger partial charge in [0.25, 0.3) is 0 Å². The molecular formula is C10H16F2N2O2Se. The molecule has 0 N–H and O–H groups in total. The van der Waals surface area contributed by atoms with E-state index >= 15 is 0 Å². The van der Waals surface area contributed by atoms with Gasteiger partial charge in [0.15, 0.2) is 0 Å². The Kier molecular flexibility index (Phi) is 9.99. The second kappa shape index (κ2) is 10.4. The molecule has 7 heteroatoms. The summed E-state index contributed by atoms with van der Waals surface area (Å²) in [6.45, 7) is 4.00. The van der Waals surface area contributed by atoms with Crippen molar-refractivity contribution in [2.45, 2.75) is 25.7 Å². The SMILES string of the molecule is C1CCOC1.C1CCOC1.N#C[Se](F)(F)C#N. The molecule has 0 radical (unpaired) electrons. The third-order valence-corrected chi connectivity index (χ3v) is 2.85. The van der Waals surface area contributed by atoms with Gasteiger partial charge >= 0.3 is 41.3 Å². The molecule has 2 aliphatic heterocycles. The molecule has 0 aliphatic carbocycles. The normalized spacial score (nSPS) is 18.8. The van der Waals surface area contributed by atoms with Crippen molar-refractivity contribution >= 4 is 13.8 Å². The fourth-order valence-electron chi connectivity index (χ4n) is 1.04. The summed E-state index contributed by atoms with van der Waals surface area (Å²) in [6.07, 6.45) is 5.11. The van der Waals surface area contributed by atoms with Crippen LogP contribution in [0.3, 0.4) is 0 Å². The number of rotatable bonds is 0. The van der Waals surface area contributed by atoms with Crippen LogP contribution in [0.15, 0.2) is 0 Å². The average molecular weight is 313 g/mol. The van der Waals surface area contributed by atoms with E-state index in [1.165, 1.54) is 25.7 Å². The fraction of sp³-hybridized carbons (Fsp3) is 0.800. The van der Waals surface area contributed by atoms with Crippen molar-refractivity contribution in [2.75, 3.05) is 26.4 Å². The topological polar surface area (TPSA) is 66.0 Å². The monoisotopic (exact) mass is 314 g/mol. The van der Waals surface area contributed by atoms with Crippen molar-refractivity contribution in [3.8, 4) is 9.94 Å². The van der Waals surface area contributed by atoms with Crippen LogP contribution in [0.2, 0.25) is 0 Å². The van der Waals surface area contributed by atoms with Gasteiger partial charge in [-0.1, -0.05) is 0 Å². The Hall–Kier alpha value is -0.721. The van der Waals surface area contributed by atoms with E-state index in [1.807, 2.05) is 0 Å². The van der Waals surface area contributed by atoms with Crippen LogP contribution >= 0.6 is 0 Å². The summed E-state index contributed by atoms with van der Waals surface area (Å²) in [4.78, 5) is 1.31. The molecule has 98 valence electrons. The molecule has 0 amide bonds. The Bertz CT molecular complexity index is 227. The molecule has 0 aromatic heterocycles. The molecule has 0 atom stereocenters. The Balaban J connectivity index is 0.000000229. The van der Waals surface area contributed by atoms with Gasteiger partial charge in [-0.25, -0.2) is 0 Å². The van der Waals surface area contributed by atoms with E-state index in [2.05, 4.69) is 0 Å². The van der Waals surface area contributed by atoms with E-state index in [0.717, 1.165) is 26.4 Å². The van der Waals surface area contributed by atoms with Gasteiger partial charge in [-0.2, -0.15) is 0 Å². The summed E-state index contributed by atoms with van der Waals surface area (Å²) in [5, 5.41) is 14.9. The van der Waals surface area contributed by atoms with E-state index in [1.54, 1.807) is 0 Å². The summed E-state index contributed by atoms with van der Waals surface area (Å²) < 4.78 is 32.5. The summed E-state index contributed by atoms with van der Waals surface area (Å²) in [5.41, 5.74) is 0. The molecule has 2 aliphatic rings. The number of nitrogens with zero attached hydrogens (tertiary/aromatic N) is 2. The predicted molar refractivity (Wildman–Crippen MR) is 59.3 cm³/mol. The van der Waals surface area contributed by atoms with E-state index < -0.39 is 13.8 Å². The first kappa shape index (κ1) is 16.3. The minimum absolute atomic E-state index is 0.653. The van der Waals surface area contributed by atoms with Crippen LogP contribution in [0.25, 0.3) is 0 Å². The number of hydrogen-bond donors (Lipinski definition) is 0. The van der Waals surface area contributed by atoms with Crippen LogP contribution in [0.4, 0.5) is 7.10 Å². The predicted octanol–water partition coefficient (Wildman–Crippen LogP) is 2.09. The Morgan fingerprint density at radius 2 is 1.06 bits per heavy atom. The number of ether oxygens (including phenoxy) is 2. The fourth-order valence-corrected chi connectivity index (χ4v) is 1.13. The molecule has 0 bridgehead atoms. The van der Waals surface area contributed by atoms with Crippen molar-refractivity contribution in [2.24, 2.45) is 0 Å². The van der Waals surface area contributed by atoms with Crippen LogP contribution in [0.5, 0.6) is 0 Å². The van der Waals surface area contributed by atoms with Gasteiger partial charge in [0, 0.05) is 26.4 Å². The number of hydrogen-bond acceptors (Lipinski definition) is 4. The average Bonchev–Trinajstić information content (AvgIpc) is 3.06. The van der Waals surface area contributed by atoms with Gasteiger partial charge in [-0.3, -0.25) is 0 Å². The van der Waals surface area contributed by atoms with Crippen molar-refractivity contribution < 1.29 is 16.6 Å². The van der Waals surface area contributed by atoms with Crippen LogP contribution < -0.4 is 0 Å². The van der Waals surface area contributed by atoms with Crippen molar-refractivity contribution in [1.82, 2.24) is 0 Å². The van der Waals surface area contributed by atoms with Gasteiger partial charge in [0.2, 0.25) is 0 Å². The third-order valence-electron chi connectivity index (χ3n) is 1.88. The molecule has 0 spiro atoms. The minimum atomic E-state index is -5.19. The van der Waals surface area contributed by atoms with Crippen molar-refractivity contribution in [3.63, 3.8) is 0 Å². The zero-order chi connectivity index (χ0) is 13.0. The van der Waals surface area contributed by atoms with E-state index in [0.29, 0.717) is 9.94 Å². The Labute approximate surface area is 103 Å². The van der Waals surface area contributed by atoms with Gasteiger partial charge in [-0.05, 0) is 25.7 Å². The zero-order valence-corrected chi connectivity index (χ0v) is 11.2.